The topological polar surface area (TPSA) is 24.5 Å². The SMILES string of the molecule is CON1CCNS1. The lowest BCUT2D eigenvalue weighted by molar-refractivity contribution is -0.0288. The van der Waals surface area contributed by atoms with Gasteiger partial charge in [-0.15, -0.1) is 4.47 Å². The largest absolute Gasteiger partial charge is 0.290 e. The Morgan fingerprint density at radius 3 is 3.00 bits per heavy atom. The highest BCUT2D eigenvalue weighted by Gasteiger charge is 2.09. The fraction of sp³-hybridized carbons (Fsp3) is 1.00. The first-order valence-electron chi connectivity index (χ1n) is 2.15. The first kappa shape index (κ1) is 5.37. The Balaban J connectivity index is 2.14. The zero-order chi connectivity index (χ0) is 5.11. The van der Waals surface area contributed by atoms with E-state index in [9.17, 15) is 0 Å². The van der Waals surface area contributed by atoms with Gasteiger partial charge in [0.05, 0.1) is 13.7 Å². The third-order valence-corrected chi connectivity index (χ3v) is 1.63. The summed E-state index contributed by atoms with van der Waals surface area (Å²) in [5.41, 5.74) is 0. The molecule has 0 aromatic rings. The predicted molar refractivity (Wildman–Crippen MR) is 29.3 cm³/mol. The first-order valence-corrected chi connectivity index (χ1v) is 2.92. The quantitative estimate of drug-likeness (QED) is 0.493. The van der Waals surface area contributed by atoms with Gasteiger partial charge < -0.3 is 0 Å². The van der Waals surface area contributed by atoms with Crippen LogP contribution in [0.25, 0.3) is 0 Å². The minimum absolute atomic E-state index is 0.973. The van der Waals surface area contributed by atoms with Crippen LogP contribution in [0.3, 0.4) is 0 Å². The van der Waals surface area contributed by atoms with Gasteiger partial charge in [0.1, 0.15) is 0 Å². The van der Waals surface area contributed by atoms with Crippen molar-refractivity contribution in [2.75, 3.05) is 20.2 Å². The molecule has 0 unspecified atom stereocenters. The van der Waals surface area contributed by atoms with Crippen LogP contribution in [0.2, 0.25) is 0 Å². The molecule has 1 heterocycles. The zero-order valence-corrected chi connectivity index (χ0v) is 4.99. The van der Waals surface area contributed by atoms with Crippen LogP contribution in [0, 0.1) is 0 Å². The maximum atomic E-state index is 4.84. The second-order valence-corrected chi connectivity index (χ2v) is 2.10. The van der Waals surface area contributed by atoms with Crippen molar-refractivity contribution in [2.24, 2.45) is 0 Å². The molecule has 0 atom stereocenters. The van der Waals surface area contributed by atoms with Gasteiger partial charge in [-0.2, -0.15) is 0 Å². The molecule has 1 rings (SSSR count). The second-order valence-electron chi connectivity index (χ2n) is 1.22. The van der Waals surface area contributed by atoms with E-state index in [0.717, 1.165) is 13.1 Å². The fourth-order valence-corrected chi connectivity index (χ4v) is 1.01. The third kappa shape index (κ3) is 1.31. The molecule has 3 nitrogen and oxygen atoms in total. The van der Waals surface area contributed by atoms with Crippen molar-refractivity contribution in [1.82, 2.24) is 9.19 Å². The molecule has 0 radical (unpaired) electrons. The molecule has 7 heavy (non-hydrogen) atoms. The summed E-state index contributed by atoms with van der Waals surface area (Å²) < 4.78 is 4.83. The van der Waals surface area contributed by atoms with Crippen LogP contribution in [0.1, 0.15) is 0 Å². The molecule has 0 spiro atoms. The van der Waals surface area contributed by atoms with Crippen molar-refractivity contribution in [3.63, 3.8) is 0 Å². The number of nitrogens with zero attached hydrogens (tertiary/aromatic N) is 1. The number of hydrogen-bond acceptors (Lipinski definition) is 4. The maximum absolute atomic E-state index is 4.84. The Morgan fingerprint density at radius 1 is 1.86 bits per heavy atom. The molecular formula is C3H8N2OS. The summed E-state index contributed by atoms with van der Waals surface area (Å²) >= 11 is 1.50. The van der Waals surface area contributed by atoms with Crippen molar-refractivity contribution < 1.29 is 4.84 Å². The van der Waals surface area contributed by atoms with Gasteiger partial charge in [0.2, 0.25) is 0 Å². The van der Waals surface area contributed by atoms with Gasteiger partial charge >= 0.3 is 0 Å². The van der Waals surface area contributed by atoms with Crippen LogP contribution in [0.5, 0.6) is 0 Å². The minimum atomic E-state index is 0.973. The number of hydroxylamine groups is 1. The first-order chi connectivity index (χ1) is 3.43. The fourth-order valence-electron chi connectivity index (χ4n) is 0.429. The average Bonchev–Trinajstić information content (AvgIpc) is 2.14. The van der Waals surface area contributed by atoms with E-state index in [-0.39, 0.29) is 0 Å². The van der Waals surface area contributed by atoms with Gasteiger partial charge in [0.15, 0.2) is 0 Å². The number of nitrogens with one attached hydrogen (secondary N) is 1. The molecule has 1 N–H and O–H groups in total. The lowest BCUT2D eigenvalue weighted by Gasteiger charge is -2.05. The maximum Gasteiger partial charge on any atom is 0.0586 e. The summed E-state index contributed by atoms with van der Waals surface area (Å²) in [6.07, 6.45) is 0. The van der Waals surface area contributed by atoms with Crippen LogP contribution in [-0.4, -0.2) is 24.7 Å². The normalized spacial score (nSPS) is 23.6. The van der Waals surface area contributed by atoms with Crippen LogP contribution < -0.4 is 4.72 Å². The number of rotatable bonds is 1. The van der Waals surface area contributed by atoms with Gasteiger partial charge in [0, 0.05) is 18.7 Å². The Morgan fingerprint density at radius 2 is 2.71 bits per heavy atom. The van der Waals surface area contributed by atoms with Gasteiger partial charge in [0.25, 0.3) is 0 Å². The average molecular weight is 120 g/mol. The Bertz CT molecular complexity index is 54.9. The summed E-state index contributed by atoms with van der Waals surface area (Å²) in [7, 11) is 1.67. The van der Waals surface area contributed by atoms with Gasteiger partial charge in [-0.05, 0) is 0 Å². The predicted octanol–water partition coefficient (Wildman–Crippen LogP) is 0.0162. The molecule has 4 heteroatoms. The van der Waals surface area contributed by atoms with Crippen molar-refractivity contribution >= 4 is 12.1 Å². The molecule has 1 fully saturated rings. The monoisotopic (exact) mass is 120 g/mol. The molecule has 0 saturated carbocycles. The molecule has 0 amide bonds. The summed E-state index contributed by atoms with van der Waals surface area (Å²) in [5.74, 6) is 0. The van der Waals surface area contributed by atoms with Crippen LogP contribution >= 0.6 is 12.1 Å². The van der Waals surface area contributed by atoms with Gasteiger partial charge in [-0.1, -0.05) is 0 Å². The highest BCUT2D eigenvalue weighted by Crippen LogP contribution is 2.08. The third-order valence-electron chi connectivity index (χ3n) is 0.766. The molecular weight excluding hydrogens is 112 g/mol. The molecule has 42 valence electrons. The molecule has 0 aliphatic carbocycles. The highest BCUT2D eigenvalue weighted by atomic mass is 32.2. The smallest absolute Gasteiger partial charge is 0.0586 e. The molecule has 0 bridgehead atoms. The lowest BCUT2D eigenvalue weighted by Crippen LogP contribution is -2.09. The van der Waals surface area contributed by atoms with Gasteiger partial charge in [-0.3, -0.25) is 4.84 Å². The van der Waals surface area contributed by atoms with E-state index in [1.54, 1.807) is 11.6 Å². The summed E-state index contributed by atoms with van der Waals surface area (Å²) in [4.78, 5) is 4.84. The molecule has 1 saturated heterocycles. The zero-order valence-electron chi connectivity index (χ0n) is 4.18. The Kier molecular flexibility index (Phi) is 1.93. The standard InChI is InChI=1S/C3H8N2OS/c1-6-5-3-2-4-7-5/h4H,2-3H2,1H3. The van der Waals surface area contributed by atoms with Crippen LogP contribution in [0.4, 0.5) is 0 Å². The second kappa shape index (κ2) is 2.52. The van der Waals surface area contributed by atoms with Crippen LogP contribution in [0.15, 0.2) is 0 Å². The van der Waals surface area contributed by atoms with E-state index < -0.39 is 0 Å². The van der Waals surface area contributed by atoms with Crippen molar-refractivity contribution in [1.29, 1.82) is 0 Å². The minimum Gasteiger partial charge on any atom is -0.290 e. The van der Waals surface area contributed by atoms with E-state index >= 15 is 0 Å². The van der Waals surface area contributed by atoms with E-state index in [0.29, 0.717) is 0 Å². The highest BCUT2D eigenvalue weighted by molar-refractivity contribution is 7.95. The molecule has 1 aliphatic rings. The summed E-state index contributed by atoms with van der Waals surface area (Å²) in [6.45, 7) is 1.99. The van der Waals surface area contributed by atoms with Crippen molar-refractivity contribution in [3.05, 3.63) is 0 Å². The van der Waals surface area contributed by atoms with E-state index in [2.05, 4.69) is 4.72 Å². The van der Waals surface area contributed by atoms with Crippen molar-refractivity contribution in [2.45, 2.75) is 0 Å². The molecule has 0 aromatic carbocycles. The van der Waals surface area contributed by atoms with Crippen molar-refractivity contribution in [3.8, 4) is 0 Å². The molecule has 0 aromatic heterocycles. The number of hydrogen-bond donors (Lipinski definition) is 1. The van der Waals surface area contributed by atoms with Crippen LogP contribution in [-0.2, 0) is 4.84 Å². The molecule has 1 aliphatic heterocycles. The van der Waals surface area contributed by atoms with Gasteiger partial charge in [-0.25, -0.2) is 4.72 Å². The van der Waals surface area contributed by atoms with E-state index in [4.69, 9.17) is 4.84 Å². The Labute approximate surface area is 47.2 Å². The summed E-state index contributed by atoms with van der Waals surface area (Å²) in [6, 6.07) is 0. The Hall–Kier alpha value is 0.230. The van der Waals surface area contributed by atoms with E-state index in [1.807, 2.05) is 0 Å². The van der Waals surface area contributed by atoms with E-state index in [1.165, 1.54) is 12.1 Å². The summed E-state index contributed by atoms with van der Waals surface area (Å²) in [5, 5.41) is 0. The lowest BCUT2D eigenvalue weighted by atomic mass is 10.7.